The van der Waals surface area contributed by atoms with Gasteiger partial charge in [0, 0.05) is 28.8 Å². The number of hydrogen-bond donors (Lipinski definition) is 1. The van der Waals surface area contributed by atoms with Gasteiger partial charge in [0.2, 0.25) is 10.0 Å². The number of nitrogens with zero attached hydrogens (tertiary/aromatic N) is 3. The number of carbonyl (C=O) groups is 1. The summed E-state index contributed by atoms with van der Waals surface area (Å²) >= 11 is 1.19. The largest absolute Gasteiger partial charge is 0.870 e. The van der Waals surface area contributed by atoms with Crippen LogP contribution in [0.3, 0.4) is 0 Å². The summed E-state index contributed by atoms with van der Waals surface area (Å²) in [6.07, 6.45) is 7.21. The number of aromatic nitrogens is 3. The van der Waals surface area contributed by atoms with E-state index >= 15 is 4.39 Å². The van der Waals surface area contributed by atoms with Gasteiger partial charge in [-0.3, -0.25) is 0 Å². The molecule has 0 saturated heterocycles. The van der Waals surface area contributed by atoms with Gasteiger partial charge in [-0.15, -0.1) is 16.5 Å². The van der Waals surface area contributed by atoms with Crippen molar-refractivity contribution in [1.82, 2.24) is 14.8 Å². The van der Waals surface area contributed by atoms with E-state index in [1.165, 1.54) is 36.5 Å². The molecule has 2 fully saturated rings. The van der Waals surface area contributed by atoms with Crippen LogP contribution in [0.5, 0.6) is 0 Å². The smallest absolute Gasteiger partial charge is 0.519 e. The first-order valence-electron chi connectivity index (χ1n) is 16.3. The number of rotatable bonds is 10. The number of thiol groups is 1. The van der Waals surface area contributed by atoms with Crippen molar-refractivity contribution in [3.8, 4) is 28.2 Å². The molecule has 0 spiro atoms. The predicted molar refractivity (Wildman–Crippen MR) is 184 cm³/mol. The molecule has 3 N–H and O–H groups in total. The first kappa shape index (κ1) is 36.1. The fourth-order valence-electron chi connectivity index (χ4n) is 6.09. The summed E-state index contributed by atoms with van der Waals surface area (Å²) in [7, 11) is -2.36. The second-order valence-corrected chi connectivity index (χ2v) is 14.6. The van der Waals surface area contributed by atoms with Crippen molar-refractivity contribution in [2.75, 3.05) is 0 Å². The molecule has 0 bridgehead atoms. The van der Waals surface area contributed by atoms with Gasteiger partial charge in [0.25, 0.3) is 0 Å². The first-order valence-corrected chi connectivity index (χ1v) is 18.5. The third kappa shape index (κ3) is 8.10. The second kappa shape index (κ2) is 15.2. The molecule has 1 unspecified atom stereocenters. The van der Waals surface area contributed by atoms with E-state index in [4.69, 9.17) is 23.8 Å². The van der Waals surface area contributed by atoms with Gasteiger partial charge in [0.15, 0.2) is 40.6 Å². The molecule has 2 saturated carbocycles. The van der Waals surface area contributed by atoms with Crippen LogP contribution in [0, 0.1) is 42.2 Å². The number of ether oxygens (including phenoxy) is 1. The highest BCUT2D eigenvalue weighted by molar-refractivity contribution is 7.82. The Labute approximate surface area is 297 Å². The van der Waals surface area contributed by atoms with Crippen molar-refractivity contribution in [3.63, 3.8) is 0 Å². The van der Waals surface area contributed by atoms with Crippen LogP contribution in [0.4, 0.5) is 8.78 Å². The third-order valence-corrected chi connectivity index (χ3v) is 10.6. The summed E-state index contributed by atoms with van der Waals surface area (Å²) < 4.78 is 58.7. The van der Waals surface area contributed by atoms with E-state index in [1.54, 1.807) is 28.3 Å². The van der Waals surface area contributed by atoms with E-state index in [0.29, 0.717) is 34.3 Å². The molecule has 7 rings (SSSR count). The molecule has 11 nitrogen and oxygen atoms in total. The first-order chi connectivity index (χ1) is 24.1. The molecule has 0 radical (unpaired) electrons. The fraction of sp³-hybridized carbons (Fsp3) is 0.333. The van der Waals surface area contributed by atoms with Gasteiger partial charge in [-0.2, -0.15) is 5.10 Å². The number of nitrogens with two attached hydrogens (primary N) is 1. The molecule has 15 heteroatoms. The van der Waals surface area contributed by atoms with E-state index in [-0.39, 0.29) is 52.1 Å². The van der Waals surface area contributed by atoms with Crippen molar-refractivity contribution in [1.29, 1.82) is 0 Å². The fourth-order valence-corrected chi connectivity index (χ4v) is 7.36. The Bertz CT molecular complexity index is 2240. The summed E-state index contributed by atoms with van der Waals surface area (Å²) in [5, 5.41) is 12.4. The summed E-state index contributed by atoms with van der Waals surface area (Å²) in [6, 6.07) is 9.16. The van der Waals surface area contributed by atoms with E-state index in [2.05, 4.69) is 16.8 Å². The molecule has 266 valence electrons. The molecular formula is C36H34F2N4O7S2. The van der Waals surface area contributed by atoms with Crippen LogP contribution in [0.2, 0.25) is 0 Å². The zero-order valence-corrected chi connectivity index (χ0v) is 29.2. The predicted octanol–water partition coefficient (Wildman–Crippen LogP) is 6.32. The van der Waals surface area contributed by atoms with Crippen LogP contribution in [0.15, 0.2) is 60.3 Å². The van der Waals surface area contributed by atoms with Crippen LogP contribution in [-0.2, 0) is 39.4 Å². The normalized spacial score (nSPS) is 14.9. The Hall–Kier alpha value is -4.75. The maximum Gasteiger partial charge on any atom is 0.519 e. The molecule has 2 aliphatic rings. The molecule has 3 aromatic heterocycles. The van der Waals surface area contributed by atoms with Crippen LogP contribution >= 0.6 is 11.3 Å². The van der Waals surface area contributed by atoms with E-state index in [0.717, 1.165) is 49.8 Å². The van der Waals surface area contributed by atoms with E-state index < -0.39 is 34.4 Å². The average Bonchev–Trinajstić information content (AvgIpc) is 3.43. The minimum Gasteiger partial charge on any atom is -0.870 e. The highest BCUT2D eigenvalue weighted by atomic mass is 32.2. The summed E-state index contributed by atoms with van der Waals surface area (Å²) in [4.78, 5) is 28.8. The molecule has 2 aliphatic carbocycles. The Morgan fingerprint density at radius 3 is 2.59 bits per heavy atom. The lowest BCUT2D eigenvalue weighted by atomic mass is 9.96. The van der Waals surface area contributed by atoms with Crippen LogP contribution in [0.25, 0.3) is 16.4 Å². The molecule has 0 amide bonds. The summed E-state index contributed by atoms with van der Waals surface area (Å²) in [5.41, 5.74) is 3.69. The van der Waals surface area contributed by atoms with Gasteiger partial charge in [0.1, 0.15) is 5.82 Å². The molecule has 1 atom stereocenters. The molecular weight excluding hydrogens is 703 g/mol. The maximum absolute atomic E-state index is 15.1. The Morgan fingerprint density at radius 1 is 1.12 bits per heavy atom. The second-order valence-electron chi connectivity index (χ2n) is 12.6. The van der Waals surface area contributed by atoms with Crippen molar-refractivity contribution in [2.24, 2.45) is 17.0 Å². The van der Waals surface area contributed by atoms with Gasteiger partial charge in [-0.05, 0) is 80.8 Å². The Morgan fingerprint density at radius 2 is 1.90 bits per heavy atom. The standard InChI is InChI=1S/C36H32F2N4O6S2.H2O/c1-20-31(48-36(44)47-20)18-46-34(43)29-19-49-35(40-29)42-30(16-22-6-7-22)26(14-23-9-13-32(50(39)45)28(38)15-23)33(41-42)25-11-12-27(37)24(17-25)10-8-21-4-2-3-5-21;/h9,11-13,15,17,19,21-22H,2-7,14,16,18H2,1H3,(H2,39,45);1H2. The topological polar surface area (TPSA) is 173 Å². The lowest BCUT2D eigenvalue weighted by molar-refractivity contribution is 0.0437. The highest BCUT2D eigenvalue weighted by Gasteiger charge is 2.30. The van der Waals surface area contributed by atoms with E-state index in [9.17, 15) is 18.2 Å². The third-order valence-electron chi connectivity index (χ3n) is 8.96. The van der Waals surface area contributed by atoms with Crippen molar-refractivity contribution >= 4 is 28.3 Å². The molecule has 3 heterocycles. The number of thiazole rings is 1. The monoisotopic (exact) mass is 736 g/mol. The number of esters is 1. The van der Waals surface area contributed by atoms with Gasteiger partial charge in [-0.1, -0.05) is 35.0 Å². The Balaban J connectivity index is 0.00000448. The van der Waals surface area contributed by atoms with Crippen molar-refractivity contribution in [3.05, 3.63) is 104 Å². The SMILES string of the molecule is Cc1oc(=O)oc1COC(=O)c1csc(-n2nc(-c3ccc(F)c(C#CC4CCCC4)c3)c(Cc3ccc([SH+](N)=O)c(F)c3)c2CC2CC2)n1.[OH-]. The number of aryl methyl sites for hydroxylation is 1. The summed E-state index contributed by atoms with van der Waals surface area (Å²) in [5.74, 6) is 4.53. The number of halogens is 2. The molecule has 0 aliphatic heterocycles. The average molecular weight is 737 g/mol. The van der Waals surface area contributed by atoms with Crippen molar-refractivity contribution < 1.29 is 36.8 Å². The lowest BCUT2D eigenvalue weighted by Crippen LogP contribution is -2.08. The number of hydrogen-bond acceptors (Lipinski definition) is 10. The quantitative estimate of drug-likeness (QED) is 0.0745. The minimum atomic E-state index is -2.36. The number of benzene rings is 2. The van der Waals surface area contributed by atoms with Gasteiger partial charge >= 0.3 is 11.8 Å². The van der Waals surface area contributed by atoms with E-state index in [1.807, 2.05) is 0 Å². The lowest BCUT2D eigenvalue weighted by Gasteiger charge is -2.09. The van der Waals surface area contributed by atoms with Gasteiger partial charge < -0.3 is 19.0 Å². The highest BCUT2D eigenvalue weighted by Crippen LogP contribution is 2.38. The maximum atomic E-state index is 15.1. The zero-order chi connectivity index (χ0) is 34.9. The van der Waals surface area contributed by atoms with Gasteiger partial charge in [-0.25, -0.2) is 28.0 Å². The van der Waals surface area contributed by atoms with Crippen LogP contribution in [-0.4, -0.2) is 26.2 Å². The van der Waals surface area contributed by atoms with Gasteiger partial charge in [0.05, 0.1) is 17.0 Å². The molecule has 51 heavy (non-hydrogen) atoms. The van der Waals surface area contributed by atoms with Crippen LogP contribution < -0.4 is 11.0 Å². The zero-order valence-electron chi connectivity index (χ0n) is 27.5. The molecule has 5 aromatic rings. The summed E-state index contributed by atoms with van der Waals surface area (Å²) in [6.45, 7) is 1.22. The Kier molecular flexibility index (Phi) is 10.8. The molecule has 2 aromatic carbocycles. The minimum absolute atomic E-state index is 0. The van der Waals surface area contributed by atoms with Crippen LogP contribution in [0.1, 0.15) is 82.9 Å². The number of carbonyl (C=O) groups excluding carboxylic acids is 1. The van der Waals surface area contributed by atoms with Crippen molar-refractivity contribution in [2.45, 2.75) is 69.8 Å².